The summed E-state index contributed by atoms with van der Waals surface area (Å²) in [4.78, 5) is 14.1. The summed E-state index contributed by atoms with van der Waals surface area (Å²) in [6.07, 6.45) is -1.61. The van der Waals surface area contributed by atoms with Crippen molar-refractivity contribution < 1.29 is 18.0 Å². The first-order valence-corrected chi connectivity index (χ1v) is 8.52. The molecule has 0 spiro atoms. The van der Waals surface area contributed by atoms with Gasteiger partial charge in [-0.05, 0) is 36.8 Å². The maximum Gasteiger partial charge on any atom is 0.416 e. The molecule has 132 valence electrons. The molecule has 6 heteroatoms. The van der Waals surface area contributed by atoms with E-state index in [-0.39, 0.29) is 17.9 Å². The minimum atomic E-state index is -4.30. The summed E-state index contributed by atoms with van der Waals surface area (Å²) in [7, 11) is 0. The van der Waals surface area contributed by atoms with Crippen molar-refractivity contribution in [2.75, 3.05) is 13.1 Å². The number of hydrogen-bond donors (Lipinski definition) is 1. The number of halogens is 3. The number of nitrogens with one attached hydrogen (secondary N) is 1. The summed E-state index contributed by atoms with van der Waals surface area (Å²) in [6.45, 7) is 4.19. The van der Waals surface area contributed by atoms with E-state index in [0.29, 0.717) is 18.0 Å². The monoisotopic (exact) mass is 340 g/mol. The fourth-order valence-electron chi connectivity index (χ4n) is 3.34. The number of rotatable bonds is 4. The Bertz CT molecular complexity index is 594. The molecule has 2 fully saturated rings. The molecular formula is C18H23F3N2O. The van der Waals surface area contributed by atoms with E-state index in [4.69, 9.17) is 0 Å². The normalized spacial score (nSPS) is 25.5. The zero-order valence-corrected chi connectivity index (χ0v) is 13.8. The molecule has 0 aromatic heterocycles. The molecule has 0 bridgehead atoms. The van der Waals surface area contributed by atoms with Crippen molar-refractivity contribution in [2.45, 2.75) is 44.9 Å². The standard InChI is InChI=1S/C18H23F3N2O/c1-12-9-16(12)17(24)22-15-5-7-23(8-6-15)11-13-3-2-4-14(10-13)18(19,20)21/h2-4,10,12,15-16H,5-9,11H2,1H3,(H,22,24)/t12-,16+/m0/s1. The van der Waals surface area contributed by atoms with Crippen LogP contribution in [0.3, 0.4) is 0 Å². The van der Waals surface area contributed by atoms with Crippen LogP contribution in [0.25, 0.3) is 0 Å². The summed E-state index contributed by atoms with van der Waals surface area (Å²) >= 11 is 0. The third-order valence-corrected chi connectivity index (χ3v) is 5.04. The van der Waals surface area contributed by atoms with E-state index in [1.54, 1.807) is 6.07 Å². The minimum absolute atomic E-state index is 0.166. The Morgan fingerprint density at radius 2 is 1.96 bits per heavy atom. The topological polar surface area (TPSA) is 32.3 Å². The van der Waals surface area contributed by atoms with E-state index in [9.17, 15) is 18.0 Å². The van der Waals surface area contributed by atoms with Crippen LogP contribution in [0.1, 0.15) is 37.3 Å². The highest BCUT2D eigenvalue weighted by atomic mass is 19.4. The summed E-state index contributed by atoms with van der Waals surface area (Å²) in [5.74, 6) is 0.859. The maximum atomic E-state index is 12.8. The molecule has 2 atom stereocenters. The van der Waals surface area contributed by atoms with Crippen molar-refractivity contribution in [3.63, 3.8) is 0 Å². The Morgan fingerprint density at radius 1 is 1.29 bits per heavy atom. The Balaban J connectivity index is 1.48. The summed E-state index contributed by atoms with van der Waals surface area (Å²) < 4.78 is 38.3. The van der Waals surface area contributed by atoms with Crippen molar-refractivity contribution >= 4 is 5.91 Å². The van der Waals surface area contributed by atoms with Gasteiger partial charge in [0.1, 0.15) is 0 Å². The molecule has 3 rings (SSSR count). The third kappa shape index (κ3) is 4.29. The predicted octanol–water partition coefficient (Wildman–Crippen LogP) is 3.44. The van der Waals surface area contributed by atoms with Gasteiger partial charge < -0.3 is 5.32 Å². The molecule has 0 unspecified atom stereocenters. The Hall–Kier alpha value is -1.56. The van der Waals surface area contributed by atoms with Crippen LogP contribution in [0.2, 0.25) is 0 Å². The second kappa shape index (κ2) is 6.75. The van der Waals surface area contributed by atoms with Gasteiger partial charge in [-0.15, -0.1) is 0 Å². The van der Waals surface area contributed by atoms with Crippen molar-refractivity contribution in [3.8, 4) is 0 Å². The highest BCUT2D eigenvalue weighted by Gasteiger charge is 2.39. The van der Waals surface area contributed by atoms with Gasteiger partial charge in [-0.1, -0.05) is 25.1 Å². The lowest BCUT2D eigenvalue weighted by Gasteiger charge is -2.32. The van der Waals surface area contributed by atoms with Crippen molar-refractivity contribution in [2.24, 2.45) is 11.8 Å². The fourth-order valence-corrected chi connectivity index (χ4v) is 3.34. The van der Waals surface area contributed by atoms with Gasteiger partial charge in [0, 0.05) is 31.6 Å². The molecule has 1 aromatic rings. The number of carbonyl (C=O) groups excluding carboxylic acids is 1. The third-order valence-electron chi connectivity index (χ3n) is 5.04. The van der Waals surface area contributed by atoms with Gasteiger partial charge in [0.25, 0.3) is 0 Å². The number of carbonyl (C=O) groups is 1. The van der Waals surface area contributed by atoms with Crippen LogP contribution in [0.15, 0.2) is 24.3 Å². The van der Waals surface area contributed by atoms with Gasteiger partial charge in [0.05, 0.1) is 5.56 Å². The summed E-state index contributed by atoms with van der Waals surface area (Å²) in [5.41, 5.74) is 0.0832. The zero-order chi connectivity index (χ0) is 17.3. The molecule has 1 aromatic carbocycles. The molecule has 2 aliphatic rings. The fraction of sp³-hybridized carbons (Fsp3) is 0.611. The van der Waals surface area contributed by atoms with Crippen LogP contribution in [-0.2, 0) is 17.5 Å². The van der Waals surface area contributed by atoms with Gasteiger partial charge in [-0.2, -0.15) is 13.2 Å². The minimum Gasteiger partial charge on any atom is -0.353 e. The molecule has 1 amide bonds. The average Bonchev–Trinajstić information content (AvgIpc) is 3.26. The highest BCUT2D eigenvalue weighted by molar-refractivity contribution is 5.81. The predicted molar refractivity (Wildman–Crippen MR) is 85.2 cm³/mol. The molecule has 1 N–H and O–H groups in total. The smallest absolute Gasteiger partial charge is 0.353 e. The van der Waals surface area contributed by atoms with Gasteiger partial charge in [-0.25, -0.2) is 0 Å². The molecule has 24 heavy (non-hydrogen) atoms. The largest absolute Gasteiger partial charge is 0.416 e. The Morgan fingerprint density at radius 3 is 2.54 bits per heavy atom. The van der Waals surface area contributed by atoms with Crippen LogP contribution in [0.4, 0.5) is 13.2 Å². The number of hydrogen-bond acceptors (Lipinski definition) is 2. The van der Waals surface area contributed by atoms with Crippen LogP contribution in [0.5, 0.6) is 0 Å². The maximum absolute atomic E-state index is 12.8. The summed E-state index contributed by atoms with van der Waals surface area (Å²) in [6, 6.07) is 5.72. The molecule has 1 saturated heterocycles. The molecule has 0 radical (unpaired) electrons. The lowest BCUT2D eigenvalue weighted by atomic mass is 10.0. The summed E-state index contributed by atoms with van der Waals surface area (Å²) in [5, 5.41) is 3.11. The van der Waals surface area contributed by atoms with Crippen LogP contribution in [0, 0.1) is 11.8 Å². The Labute approximate surface area is 140 Å². The molecule has 1 aliphatic heterocycles. The van der Waals surface area contributed by atoms with E-state index in [2.05, 4.69) is 17.1 Å². The van der Waals surface area contributed by atoms with Crippen molar-refractivity contribution in [1.29, 1.82) is 0 Å². The second-order valence-electron chi connectivity index (χ2n) is 7.08. The quantitative estimate of drug-likeness (QED) is 0.911. The zero-order valence-electron chi connectivity index (χ0n) is 13.8. The average molecular weight is 340 g/mol. The van der Waals surface area contributed by atoms with E-state index in [0.717, 1.165) is 38.4 Å². The van der Waals surface area contributed by atoms with Gasteiger partial charge in [0.2, 0.25) is 5.91 Å². The van der Waals surface area contributed by atoms with E-state index >= 15 is 0 Å². The molecule has 1 heterocycles. The highest BCUT2D eigenvalue weighted by Crippen LogP contribution is 2.38. The van der Waals surface area contributed by atoms with E-state index in [1.165, 1.54) is 12.1 Å². The van der Waals surface area contributed by atoms with Crippen LogP contribution >= 0.6 is 0 Å². The van der Waals surface area contributed by atoms with E-state index in [1.807, 2.05) is 0 Å². The number of nitrogens with zero attached hydrogens (tertiary/aromatic N) is 1. The van der Waals surface area contributed by atoms with Gasteiger partial charge >= 0.3 is 6.18 Å². The number of alkyl halides is 3. The first-order valence-electron chi connectivity index (χ1n) is 8.52. The molecular weight excluding hydrogens is 317 g/mol. The SMILES string of the molecule is C[C@H]1C[C@H]1C(=O)NC1CCN(Cc2cccc(C(F)(F)F)c2)CC1. The van der Waals surface area contributed by atoms with Crippen molar-refractivity contribution in [1.82, 2.24) is 10.2 Å². The number of benzene rings is 1. The molecule has 1 saturated carbocycles. The second-order valence-corrected chi connectivity index (χ2v) is 7.08. The lowest BCUT2D eigenvalue weighted by Crippen LogP contribution is -2.44. The van der Waals surface area contributed by atoms with E-state index < -0.39 is 11.7 Å². The Kier molecular flexibility index (Phi) is 4.85. The van der Waals surface area contributed by atoms with Crippen molar-refractivity contribution in [3.05, 3.63) is 35.4 Å². The van der Waals surface area contributed by atoms with Gasteiger partial charge in [-0.3, -0.25) is 9.69 Å². The number of likely N-dealkylation sites (tertiary alicyclic amines) is 1. The lowest BCUT2D eigenvalue weighted by molar-refractivity contribution is -0.137. The van der Waals surface area contributed by atoms with Crippen LogP contribution in [-0.4, -0.2) is 29.9 Å². The number of piperidine rings is 1. The molecule has 3 nitrogen and oxygen atoms in total. The van der Waals surface area contributed by atoms with Gasteiger partial charge in [0.15, 0.2) is 0 Å². The number of amides is 1. The first kappa shape index (κ1) is 17.3. The van der Waals surface area contributed by atoms with Crippen LogP contribution < -0.4 is 5.32 Å². The first-order chi connectivity index (χ1) is 11.3. The molecule has 1 aliphatic carbocycles.